The van der Waals surface area contributed by atoms with Gasteiger partial charge in [-0.25, -0.2) is 0 Å². The Bertz CT molecular complexity index is 704. The number of ether oxygens (including phenoxy) is 1. The standard InChI is InChI=1S/C22H29ClO6/c23-15-6-5-7-17(12-15)29-14-16(24)10-11-19-18(20(25)13-21(19)26)8-3-1-2-4-9-22(27)28/h1,3,5-7,10-12,16,18-21,24-26H,2,4,8-9,13-14H2,(H,27,28)/p-1/b3-1-,11-10+/t16-,18?,19?,20+,21-/m1/s1. The number of halogens is 1. The second-order valence-electron chi connectivity index (χ2n) is 7.30. The molecule has 0 aliphatic heterocycles. The van der Waals surface area contributed by atoms with E-state index in [9.17, 15) is 25.2 Å². The first kappa shape index (κ1) is 23.4. The number of carbonyl (C=O) groups excluding carboxylic acids is 1. The van der Waals surface area contributed by atoms with Gasteiger partial charge in [0, 0.05) is 23.3 Å². The molecule has 1 aliphatic carbocycles. The van der Waals surface area contributed by atoms with Crippen LogP contribution >= 0.6 is 11.6 Å². The lowest BCUT2D eigenvalue weighted by atomic mass is 9.89. The number of rotatable bonds is 11. The monoisotopic (exact) mass is 423 g/mol. The van der Waals surface area contributed by atoms with Crippen molar-refractivity contribution < 1.29 is 30.0 Å². The number of aliphatic hydroxyl groups is 3. The van der Waals surface area contributed by atoms with Gasteiger partial charge in [-0.05, 0) is 49.8 Å². The van der Waals surface area contributed by atoms with Crippen molar-refractivity contribution in [3.8, 4) is 5.75 Å². The number of aliphatic carboxylic acids is 1. The molecule has 7 heteroatoms. The number of hydrogen-bond acceptors (Lipinski definition) is 6. The molecule has 2 rings (SSSR count). The van der Waals surface area contributed by atoms with Crippen LogP contribution in [0, 0.1) is 11.8 Å². The molecule has 1 aromatic rings. The van der Waals surface area contributed by atoms with E-state index in [0.717, 1.165) is 0 Å². The fraction of sp³-hybridized carbons (Fsp3) is 0.500. The van der Waals surface area contributed by atoms with Gasteiger partial charge in [0.15, 0.2) is 0 Å². The number of unbranched alkanes of at least 4 members (excludes halogenated alkanes) is 1. The molecule has 0 amide bonds. The second kappa shape index (κ2) is 12.0. The van der Waals surface area contributed by atoms with E-state index in [2.05, 4.69) is 0 Å². The highest BCUT2D eigenvalue weighted by atomic mass is 35.5. The maximum absolute atomic E-state index is 10.4. The molecule has 0 spiro atoms. The van der Waals surface area contributed by atoms with Gasteiger partial charge in [0.2, 0.25) is 0 Å². The Morgan fingerprint density at radius 3 is 2.83 bits per heavy atom. The number of carboxylic acids is 1. The van der Waals surface area contributed by atoms with Gasteiger partial charge in [0.25, 0.3) is 0 Å². The summed E-state index contributed by atoms with van der Waals surface area (Å²) in [6.07, 6.45) is 6.93. The summed E-state index contributed by atoms with van der Waals surface area (Å²) in [7, 11) is 0. The van der Waals surface area contributed by atoms with E-state index in [0.29, 0.717) is 30.0 Å². The van der Waals surface area contributed by atoms with E-state index in [1.807, 2.05) is 12.2 Å². The molecule has 0 heterocycles. The van der Waals surface area contributed by atoms with Crippen LogP contribution in [0.1, 0.15) is 32.1 Å². The first-order valence-electron chi connectivity index (χ1n) is 9.82. The Hall–Kier alpha value is -1.86. The fourth-order valence-corrected chi connectivity index (χ4v) is 3.67. The van der Waals surface area contributed by atoms with Crippen LogP contribution in [0.15, 0.2) is 48.6 Å². The maximum Gasteiger partial charge on any atom is 0.120 e. The summed E-state index contributed by atoms with van der Waals surface area (Å²) in [6, 6.07) is 6.89. The molecule has 1 fully saturated rings. The minimum absolute atomic E-state index is 0.0234. The smallest absolute Gasteiger partial charge is 0.120 e. The maximum atomic E-state index is 10.4. The molecule has 1 aliphatic rings. The first-order valence-corrected chi connectivity index (χ1v) is 10.2. The third kappa shape index (κ3) is 8.19. The molecule has 0 aromatic heterocycles. The van der Waals surface area contributed by atoms with Crippen LogP contribution in [0.3, 0.4) is 0 Å². The highest BCUT2D eigenvalue weighted by Crippen LogP contribution is 2.36. The summed E-state index contributed by atoms with van der Waals surface area (Å²) in [6.45, 7) is 0.0468. The SMILES string of the molecule is O=C([O-])CCC/C=C\CC1C(/C=C/[C@@H](O)COc2cccc(Cl)c2)[C@H](O)C[C@@H]1O. The summed E-state index contributed by atoms with van der Waals surface area (Å²) in [5, 5.41) is 41.6. The molecule has 0 radical (unpaired) electrons. The third-order valence-electron chi connectivity index (χ3n) is 5.01. The molecule has 29 heavy (non-hydrogen) atoms. The topological polar surface area (TPSA) is 110 Å². The molecule has 160 valence electrons. The van der Waals surface area contributed by atoms with Gasteiger partial charge in [-0.3, -0.25) is 0 Å². The number of hydrogen-bond donors (Lipinski definition) is 3. The van der Waals surface area contributed by atoms with Crippen molar-refractivity contribution in [2.75, 3.05) is 6.61 Å². The molecule has 0 saturated heterocycles. The van der Waals surface area contributed by atoms with Crippen molar-refractivity contribution in [3.63, 3.8) is 0 Å². The van der Waals surface area contributed by atoms with E-state index in [1.54, 1.807) is 36.4 Å². The van der Waals surface area contributed by atoms with Gasteiger partial charge in [0.05, 0.1) is 12.2 Å². The van der Waals surface area contributed by atoms with Crippen LogP contribution in [0.2, 0.25) is 5.02 Å². The van der Waals surface area contributed by atoms with E-state index in [-0.39, 0.29) is 31.3 Å². The molecule has 1 saturated carbocycles. The molecule has 0 bridgehead atoms. The summed E-state index contributed by atoms with van der Waals surface area (Å²) >= 11 is 5.89. The third-order valence-corrected chi connectivity index (χ3v) is 5.25. The first-order chi connectivity index (χ1) is 13.9. The summed E-state index contributed by atoms with van der Waals surface area (Å²) < 4.78 is 5.50. The average molecular weight is 424 g/mol. The minimum Gasteiger partial charge on any atom is -0.550 e. The highest BCUT2D eigenvalue weighted by molar-refractivity contribution is 6.30. The summed E-state index contributed by atoms with van der Waals surface area (Å²) in [5.74, 6) is -0.947. The van der Waals surface area contributed by atoms with Gasteiger partial charge in [0.1, 0.15) is 18.5 Å². The van der Waals surface area contributed by atoms with Crippen molar-refractivity contribution in [2.45, 2.75) is 50.4 Å². The van der Waals surface area contributed by atoms with Crippen LogP contribution in [-0.2, 0) is 4.79 Å². The second-order valence-corrected chi connectivity index (χ2v) is 7.74. The average Bonchev–Trinajstić information content (AvgIpc) is 2.93. The van der Waals surface area contributed by atoms with Gasteiger partial charge >= 0.3 is 0 Å². The van der Waals surface area contributed by atoms with Crippen molar-refractivity contribution >= 4 is 17.6 Å². The van der Waals surface area contributed by atoms with Crippen LogP contribution in [-0.4, -0.2) is 46.2 Å². The lowest BCUT2D eigenvalue weighted by Crippen LogP contribution is -2.21. The predicted octanol–water partition coefficient (Wildman–Crippen LogP) is 1.86. The van der Waals surface area contributed by atoms with Gasteiger partial charge in [-0.1, -0.05) is 42.0 Å². The molecule has 5 atom stereocenters. The lowest BCUT2D eigenvalue weighted by molar-refractivity contribution is -0.305. The van der Waals surface area contributed by atoms with E-state index >= 15 is 0 Å². The van der Waals surface area contributed by atoms with E-state index < -0.39 is 24.3 Å². The number of benzene rings is 1. The van der Waals surface area contributed by atoms with Crippen LogP contribution in [0.5, 0.6) is 5.75 Å². The molecule has 2 unspecified atom stereocenters. The molecule has 3 N–H and O–H groups in total. The largest absolute Gasteiger partial charge is 0.550 e. The van der Waals surface area contributed by atoms with Crippen LogP contribution in [0.25, 0.3) is 0 Å². The van der Waals surface area contributed by atoms with Gasteiger partial charge in [-0.15, -0.1) is 0 Å². The van der Waals surface area contributed by atoms with Crippen molar-refractivity contribution in [1.29, 1.82) is 0 Å². The molecular weight excluding hydrogens is 396 g/mol. The fourth-order valence-electron chi connectivity index (χ4n) is 3.49. The summed E-state index contributed by atoms with van der Waals surface area (Å²) in [5.41, 5.74) is 0. The zero-order valence-corrected chi connectivity index (χ0v) is 16.9. The number of aliphatic hydroxyl groups excluding tert-OH is 3. The van der Waals surface area contributed by atoms with Crippen molar-refractivity contribution in [2.24, 2.45) is 11.8 Å². The predicted molar refractivity (Wildman–Crippen MR) is 108 cm³/mol. The minimum atomic E-state index is -1.06. The number of carboxylic acid groups (broad SMARTS) is 1. The van der Waals surface area contributed by atoms with Crippen LogP contribution in [0.4, 0.5) is 0 Å². The molecule has 1 aromatic carbocycles. The Morgan fingerprint density at radius 1 is 1.31 bits per heavy atom. The lowest BCUT2D eigenvalue weighted by Gasteiger charge is -2.19. The van der Waals surface area contributed by atoms with Gasteiger partial charge < -0.3 is 30.0 Å². The molecular formula is C22H28ClO6-. The van der Waals surface area contributed by atoms with Crippen molar-refractivity contribution in [3.05, 3.63) is 53.6 Å². The quantitative estimate of drug-likeness (QED) is 0.370. The Balaban J connectivity index is 1.83. The van der Waals surface area contributed by atoms with E-state index in [4.69, 9.17) is 16.3 Å². The Kier molecular flexibility index (Phi) is 9.67. The Morgan fingerprint density at radius 2 is 2.10 bits per heavy atom. The van der Waals surface area contributed by atoms with Crippen molar-refractivity contribution in [1.82, 2.24) is 0 Å². The zero-order valence-electron chi connectivity index (χ0n) is 16.2. The van der Waals surface area contributed by atoms with Crippen LogP contribution < -0.4 is 9.84 Å². The number of carbonyl (C=O) groups is 1. The normalized spacial score (nSPS) is 25.7. The summed E-state index contributed by atoms with van der Waals surface area (Å²) in [4.78, 5) is 10.4. The zero-order chi connectivity index (χ0) is 21.2. The van der Waals surface area contributed by atoms with Gasteiger partial charge in [-0.2, -0.15) is 0 Å². The molecule has 6 nitrogen and oxygen atoms in total. The number of allylic oxidation sites excluding steroid dienone is 2. The highest BCUT2D eigenvalue weighted by Gasteiger charge is 2.39. The van der Waals surface area contributed by atoms with E-state index in [1.165, 1.54) is 0 Å². The Labute approximate surface area is 176 Å².